The van der Waals surface area contributed by atoms with Crippen LogP contribution >= 0.6 is 0 Å². The highest BCUT2D eigenvalue weighted by Gasteiger charge is 2.29. The lowest BCUT2D eigenvalue weighted by molar-refractivity contribution is 0.580. The molecule has 1 unspecified atom stereocenters. The van der Waals surface area contributed by atoms with Gasteiger partial charge < -0.3 is 11.1 Å². The second-order valence-electron chi connectivity index (χ2n) is 5.11. The van der Waals surface area contributed by atoms with E-state index >= 15 is 0 Å². The van der Waals surface area contributed by atoms with Crippen LogP contribution in [0.15, 0.2) is 29.2 Å². The molecule has 0 radical (unpaired) electrons. The lowest BCUT2D eigenvalue weighted by Crippen LogP contribution is -2.27. The van der Waals surface area contributed by atoms with Crippen LogP contribution in [0.5, 0.6) is 0 Å². The number of nitrogens with two attached hydrogens (primary N) is 1. The molecule has 0 aliphatic heterocycles. The van der Waals surface area contributed by atoms with Gasteiger partial charge in [-0.15, -0.1) is 0 Å². The van der Waals surface area contributed by atoms with Gasteiger partial charge in [0.2, 0.25) is 10.0 Å². The molecule has 1 aliphatic rings. The molecule has 2 rings (SSSR count). The van der Waals surface area contributed by atoms with Crippen LogP contribution in [0.4, 0.5) is 5.69 Å². The Labute approximate surface area is 114 Å². The summed E-state index contributed by atoms with van der Waals surface area (Å²) in [5.74, 6) is 0.298. The fraction of sp³-hybridized carbons (Fsp3) is 0.538. The molecule has 4 N–H and O–H groups in total. The van der Waals surface area contributed by atoms with Gasteiger partial charge in [-0.1, -0.05) is 19.1 Å². The molecule has 1 saturated carbocycles. The predicted molar refractivity (Wildman–Crippen MR) is 76.5 cm³/mol. The van der Waals surface area contributed by atoms with E-state index in [1.807, 2.05) is 13.0 Å². The van der Waals surface area contributed by atoms with E-state index in [9.17, 15) is 8.42 Å². The van der Waals surface area contributed by atoms with E-state index in [1.54, 1.807) is 18.2 Å². The van der Waals surface area contributed by atoms with E-state index in [4.69, 9.17) is 5.73 Å². The quantitative estimate of drug-likeness (QED) is 0.700. The number of rotatable bonds is 7. The van der Waals surface area contributed by atoms with E-state index in [-0.39, 0.29) is 6.04 Å². The third-order valence-corrected chi connectivity index (χ3v) is 4.70. The zero-order valence-corrected chi connectivity index (χ0v) is 11.9. The third-order valence-electron chi connectivity index (χ3n) is 3.12. The molecule has 1 aliphatic carbocycles. The molecule has 0 amide bonds. The Balaban J connectivity index is 2.15. The van der Waals surface area contributed by atoms with Crippen molar-refractivity contribution >= 4 is 15.7 Å². The predicted octanol–water partition coefficient (Wildman–Crippen LogP) is 1.13. The average Bonchev–Trinajstić information content (AvgIpc) is 3.19. The van der Waals surface area contributed by atoms with Crippen molar-refractivity contribution in [1.29, 1.82) is 0 Å². The molecule has 0 aromatic heterocycles. The van der Waals surface area contributed by atoms with Crippen molar-refractivity contribution in [2.24, 2.45) is 11.7 Å². The number of anilines is 1. The largest absolute Gasteiger partial charge is 0.384 e. The van der Waals surface area contributed by atoms with Crippen LogP contribution in [0, 0.1) is 5.92 Å². The molecule has 5 nitrogen and oxygen atoms in total. The van der Waals surface area contributed by atoms with Gasteiger partial charge in [0, 0.05) is 12.6 Å². The van der Waals surface area contributed by atoms with Crippen molar-refractivity contribution in [3.8, 4) is 0 Å². The van der Waals surface area contributed by atoms with E-state index in [1.165, 1.54) is 0 Å². The van der Waals surface area contributed by atoms with Crippen molar-refractivity contribution in [3.05, 3.63) is 24.3 Å². The highest BCUT2D eigenvalue weighted by Crippen LogP contribution is 2.25. The molecular formula is C13H21N3O2S. The van der Waals surface area contributed by atoms with Gasteiger partial charge in [0.05, 0.1) is 5.69 Å². The fourth-order valence-corrected chi connectivity index (χ4v) is 3.19. The first-order chi connectivity index (χ1) is 9.03. The van der Waals surface area contributed by atoms with Crippen molar-refractivity contribution in [2.75, 3.05) is 18.4 Å². The van der Waals surface area contributed by atoms with Gasteiger partial charge in [-0.05, 0) is 37.4 Å². The maximum atomic E-state index is 12.2. The Bertz CT molecular complexity index is 526. The second-order valence-corrected chi connectivity index (χ2v) is 6.80. The van der Waals surface area contributed by atoms with Crippen LogP contribution in [0.1, 0.15) is 19.8 Å². The van der Waals surface area contributed by atoms with Crippen molar-refractivity contribution in [3.63, 3.8) is 0 Å². The van der Waals surface area contributed by atoms with Gasteiger partial charge in [-0.2, -0.15) is 0 Å². The SMILES string of the molecule is CC(CN)CNc1ccccc1S(=O)(=O)NC1CC1. The van der Waals surface area contributed by atoms with Crippen LogP contribution in [0.2, 0.25) is 0 Å². The van der Waals surface area contributed by atoms with Crippen LogP contribution in [0.25, 0.3) is 0 Å². The van der Waals surface area contributed by atoms with Crippen molar-refractivity contribution in [1.82, 2.24) is 4.72 Å². The molecule has 1 aromatic rings. The van der Waals surface area contributed by atoms with E-state index in [2.05, 4.69) is 10.0 Å². The zero-order valence-electron chi connectivity index (χ0n) is 11.1. The van der Waals surface area contributed by atoms with Gasteiger partial charge in [0.25, 0.3) is 0 Å². The minimum Gasteiger partial charge on any atom is -0.384 e. The molecule has 0 heterocycles. The Morgan fingerprint density at radius 3 is 2.68 bits per heavy atom. The summed E-state index contributed by atoms with van der Waals surface area (Å²) in [4.78, 5) is 0.311. The number of benzene rings is 1. The molecular weight excluding hydrogens is 262 g/mol. The monoisotopic (exact) mass is 283 g/mol. The van der Waals surface area contributed by atoms with Gasteiger partial charge in [0.15, 0.2) is 0 Å². The third kappa shape index (κ3) is 3.92. The minimum atomic E-state index is -3.43. The summed E-state index contributed by atoms with van der Waals surface area (Å²) in [7, 11) is -3.43. The summed E-state index contributed by atoms with van der Waals surface area (Å²) in [6.45, 7) is 3.25. The summed E-state index contributed by atoms with van der Waals surface area (Å²) in [6.07, 6.45) is 1.86. The molecule has 0 spiro atoms. The maximum Gasteiger partial charge on any atom is 0.242 e. The first-order valence-electron chi connectivity index (χ1n) is 6.58. The smallest absolute Gasteiger partial charge is 0.242 e. The Morgan fingerprint density at radius 2 is 2.05 bits per heavy atom. The number of hydrogen-bond donors (Lipinski definition) is 3. The first-order valence-corrected chi connectivity index (χ1v) is 8.06. The topological polar surface area (TPSA) is 84.2 Å². The van der Waals surface area contributed by atoms with Crippen LogP contribution < -0.4 is 15.8 Å². The highest BCUT2D eigenvalue weighted by atomic mass is 32.2. The molecule has 1 aromatic carbocycles. The van der Waals surface area contributed by atoms with Gasteiger partial charge in [-0.3, -0.25) is 0 Å². The maximum absolute atomic E-state index is 12.2. The van der Waals surface area contributed by atoms with E-state index in [0.29, 0.717) is 29.6 Å². The van der Waals surface area contributed by atoms with Crippen molar-refractivity contribution in [2.45, 2.75) is 30.7 Å². The van der Waals surface area contributed by atoms with Gasteiger partial charge in [-0.25, -0.2) is 13.1 Å². The first kappa shape index (κ1) is 14.3. The lowest BCUT2D eigenvalue weighted by Gasteiger charge is -2.15. The number of hydrogen-bond acceptors (Lipinski definition) is 4. The van der Waals surface area contributed by atoms with Crippen LogP contribution in [-0.4, -0.2) is 27.5 Å². The molecule has 106 valence electrons. The molecule has 1 fully saturated rings. The fourth-order valence-electron chi connectivity index (χ4n) is 1.70. The summed E-state index contributed by atoms with van der Waals surface area (Å²) in [5, 5.41) is 3.16. The summed E-state index contributed by atoms with van der Waals surface area (Å²) >= 11 is 0. The van der Waals surface area contributed by atoms with Crippen LogP contribution in [0.3, 0.4) is 0 Å². The molecule has 0 bridgehead atoms. The number of sulfonamides is 1. The van der Waals surface area contributed by atoms with Gasteiger partial charge in [0.1, 0.15) is 4.90 Å². The normalized spacial score (nSPS) is 17.2. The molecule has 1 atom stereocenters. The van der Waals surface area contributed by atoms with E-state index < -0.39 is 10.0 Å². The summed E-state index contributed by atoms with van der Waals surface area (Å²) in [5.41, 5.74) is 6.20. The second kappa shape index (κ2) is 5.90. The Hall–Kier alpha value is -1.11. The Kier molecular flexibility index (Phi) is 4.44. The zero-order chi connectivity index (χ0) is 13.9. The average molecular weight is 283 g/mol. The van der Waals surface area contributed by atoms with Gasteiger partial charge >= 0.3 is 0 Å². The van der Waals surface area contributed by atoms with E-state index in [0.717, 1.165) is 12.8 Å². The Morgan fingerprint density at radius 1 is 1.37 bits per heavy atom. The van der Waals surface area contributed by atoms with Crippen LogP contribution in [-0.2, 0) is 10.0 Å². The summed E-state index contributed by atoms with van der Waals surface area (Å²) in [6, 6.07) is 7.08. The number of para-hydroxylation sites is 1. The van der Waals surface area contributed by atoms with Crippen molar-refractivity contribution < 1.29 is 8.42 Å². The number of nitrogens with one attached hydrogen (secondary N) is 2. The summed E-state index contributed by atoms with van der Waals surface area (Å²) < 4.78 is 27.2. The lowest BCUT2D eigenvalue weighted by atomic mass is 10.2. The minimum absolute atomic E-state index is 0.112. The molecule has 0 saturated heterocycles. The standard InChI is InChI=1S/C13H21N3O2S/c1-10(8-14)9-15-12-4-2-3-5-13(12)19(17,18)16-11-6-7-11/h2-5,10-11,15-16H,6-9,14H2,1H3. The molecule has 6 heteroatoms. The highest BCUT2D eigenvalue weighted by molar-refractivity contribution is 7.89. The molecule has 19 heavy (non-hydrogen) atoms.